The zero-order valence-corrected chi connectivity index (χ0v) is 11.2. The summed E-state index contributed by atoms with van der Waals surface area (Å²) < 4.78 is 0. The summed E-state index contributed by atoms with van der Waals surface area (Å²) in [5.41, 5.74) is 1.05. The highest BCUT2D eigenvalue weighted by Gasteiger charge is 2.15. The van der Waals surface area contributed by atoms with Crippen molar-refractivity contribution >= 4 is 17.6 Å². The molecule has 0 saturated carbocycles. The molecule has 0 aromatic carbocycles. The molecular formula is C11H19N3O2S. The summed E-state index contributed by atoms with van der Waals surface area (Å²) in [6.07, 6.45) is 0.791. The third kappa shape index (κ3) is 3.83. The number of aromatic nitrogens is 2. The van der Waals surface area contributed by atoms with Gasteiger partial charge in [-0.2, -0.15) is 0 Å². The second-order valence-electron chi connectivity index (χ2n) is 3.99. The fourth-order valence-electron chi connectivity index (χ4n) is 1.44. The van der Waals surface area contributed by atoms with Crippen LogP contribution in [0.5, 0.6) is 0 Å². The lowest BCUT2D eigenvalue weighted by atomic mass is 10.1. The van der Waals surface area contributed by atoms with Crippen LogP contribution < -0.4 is 5.32 Å². The third-order valence-electron chi connectivity index (χ3n) is 2.28. The summed E-state index contributed by atoms with van der Waals surface area (Å²) >= 11 is 1.44. The highest BCUT2D eigenvalue weighted by Crippen LogP contribution is 2.31. The van der Waals surface area contributed by atoms with Gasteiger partial charge in [0.25, 0.3) is 0 Å². The molecule has 0 aliphatic carbocycles. The second-order valence-corrected chi connectivity index (χ2v) is 5.00. The molecule has 17 heavy (non-hydrogen) atoms. The van der Waals surface area contributed by atoms with Gasteiger partial charge in [-0.15, -0.1) is 11.8 Å². The zero-order chi connectivity index (χ0) is 12.8. The van der Waals surface area contributed by atoms with E-state index in [0.717, 1.165) is 16.4 Å². The highest BCUT2D eigenvalue weighted by molar-refractivity contribution is 7.99. The molecule has 0 fully saturated rings. The van der Waals surface area contributed by atoms with Gasteiger partial charge in [-0.1, -0.05) is 13.8 Å². The molecule has 3 N–H and O–H groups in total. The molecule has 1 heterocycles. The number of aliphatic hydroxyl groups is 2. The Hall–Kier alpha value is -0.850. The normalized spacial score (nSPS) is 12.8. The Morgan fingerprint density at radius 2 is 2.12 bits per heavy atom. The number of anilines is 1. The molecule has 5 nitrogen and oxygen atoms in total. The maximum Gasteiger partial charge on any atom is 0.133 e. The molecule has 1 rings (SSSR count). The number of hydrogen-bond donors (Lipinski definition) is 3. The van der Waals surface area contributed by atoms with E-state index in [1.165, 1.54) is 18.1 Å². The van der Waals surface area contributed by atoms with Crippen molar-refractivity contribution in [3.8, 4) is 0 Å². The first-order chi connectivity index (χ1) is 8.10. The SMILES string of the molecule is CNc1ncnc(SCC(O)CO)c1C(C)C. The number of thioether (sulfide) groups is 1. The zero-order valence-electron chi connectivity index (χ0n) is 10.3. The van der Waals surface area contributed by atoms with Crippen LogP contribution in [0.15, 0.2) is 11.4 Å². The molecule has 0 radical (unpaired) electrons. The minimum Gasteiger partial charge on any atom is -0.394 e. The molecule has 0 amide bonds. The van der Waals surface area contributed by atoms with E-state index >= 15 is 0 Å². The van der Waals surface area contributed by atoms with E-state index in [0.29, 0.717) is 11.7 Å². The van der Waals surface area contributed by atoms with Gasteiger partial charge in [-0.3, -0.25) is 0 Å². The van der Waals surface area contributed by atoms with Gasteiger partial charge in [0.1, 0.15) is 17.2 Å². The quantitative estimate of drug-likeness (QED) is 0.523. The van der Waals surface area contributed by atoms with Crippen molar-refractivity contribution in [2.24, 2.45) is 0 Å². The molecule has 0 spiro atoms. The minimum atomic E-state index is -0.715. The Balaban J connectivity index is 2.90. The van der Waals surface area contributed by atoms with Crippen LogP contribution in [0.1, 0.15) is 25.3 Å². The van der Waals surface area contributed by atoms with Gasteiger partial charge in [-0.05, 0) is 5.92 Å². The number of nitrogens with zero attached hydrogens (tertiary/aromatic N) is 2. The maximum absolute atomic E-state index is 9.35. The van der Waals surface area contributed by atoms with Crippen molar-refractivity contribution < 1.29 is 10.2 Å². The summed E-state index contributed by atoms with van der Waals surface area (Å²) in [6.45, 7) is 3.92. The van der Waals surface area contributed by atoms with E-state index in [2.05, 4.69) is 29.1 Å². The van der Waals surface area contributed by atoms with Gasteiger partial charge in [0, 0.05) is 18.4 Å². The Kier molecular flexibility index (Phi) is 5.67. The summed E-state index contributed by atoms with van der Waals surface area (Å²) in [6, 6.07) is 0. The van der Waals surface area contributed by atoms with E-state index in [-0.39, 0.29) is 6.61 Å². The van der Waals surface area contributed by atoms with Crippen LogP contribution in [0.25, 0.3) is 0 Å². The van der Waals surface area contributed by atoms with Crippen molar-refractivity contribution in [1.82, 2.24) is 9.97 Å². The molecule has 1 unspecified atom stereocenters. The summed E-state index contributed by atoms with van der Waals surface area (Å²) in [7, 11) is 1.82. The number of rotatable bonds is 6. The molecule has 1 atom stereocenters. The summed E-state index contributed by atoms with van der Waals surface area (Å²) in [5, 5.41) is 22.0. The van der Waals surface area contributed by atoms with Crippen molar-refractivity contribution in [3.05, 3.63) is 11.9 Å². The van der Waals surface area contributed by atoms with Crippen LogP contribution in [0.2, 0.25) is 0 Å². The van der Waals surface area contributed by atoms with Crippen molar-refractivity contribution in [3.63, 3.8) is 0 Å². The first-order valence-electron chi connectivity index (χ1n) is 5.54. The Morgan fingerprint density at radius 3 is 2.65 bits per heavy atom. The predicted molar refractivity (Wildman–Crippen MR) is 69.5 cm³/mol. The van der Waals surface area contributed by atoms with Crippen LogP contribution >= 0.6 is 11.8 Å². The molecule has 1 aromatic heterocycles. The van der Waals surface area contributed by atoms with Gasteiger partial charge in [0.05, 0.1) is 12.7 Å². The molecule has 6 heteroatoms. The summed E-state index contributed by atoms with van der Waals surface area (Å²) in [4.78, 5) is 8.41. The summed E-state index contributed by atoms with van der Waals surface area (Å²) in [5.74, 6) is 1.54. The predicted octanol–water partition coefficient (Wildman–Crippen LogP) is 1.09. The lowest BCUT2D eigenvalue weighted by Crippen LogP contribution is -2.15. The van der Waals surface area contributed by atoms with E-state index in [1.54, 1.807) is 0 Å². The van der Waals surface area contributed by atoms with Crippen LogP contribution in [-0.2, 0) is 0 Å². The van der Waals surface area contributed by atoms with Crippen LogP contribution in [0.4, 0.5) is 5.82 Å². The largest absolute Gasteiger partial charge is 0.394 e. The number of nitrogens with one attached hydrogen (secondary N) is 1. The van der Waals surface area contributed by atoms with E-state index < -0.39 is 6.10 Å². The lowest BCUT2D eigenvalue weighted by Gasteiger charge is -2.15. The Labute approximate surface area is 106 Å². The molecular weight excluding hydrogens is 238 g/mol. The molecule has 96 valence electrons. The van der Waals surface area contributed by atoms with Crippen LogP contribution in [0.3, 0.4) is 0 Å². The number of aliphatic hydroxyl groups excluding tert-OH is 2. The average molecular weight is 257 g/mol. The molecule has 0 bridgehead atoms. The van der Waals surface area contributed by atoms with E-state index in [1.807, 2.05) is 7.05 Å². The fourth-order valence-corrected chi connectivity index (χ4v) is 2.51. The number of hydrogen-bond acceptors (Lipinski definition) is 6. The third-order valence-corrected chi connectivity index (χ3v) is 3.43. The Bertz CT molecular complexity index is 361. The Morgan fingerprint density at radius 1 is 1.41 bits per heavy atom. The van der Waals surface area contributed by atoms with Gasteiger partial charge in [0.15, 0.2) is 0 Å². The molecule has 0 saturated heterocycles. The van der Waals surface area contributed by atoms with Gasteiger partial charge >= 0.3 is 0 Å². The van der Waals surface area contributed by atoms with Crippen LogP contribution in [0, 0.1) is 0 Å². The molecule has 0 aliphatic rings. The highest BCUT2D eigenvalue weighted by atomic mass is 32.2. The van der Waals surface area contributed by atoms with E-state index in [4.69, 9.17) is 5.11 Å². The lowest BCUT2D eigenvalue weighted by molar-refractivity contribution is 0.113. The van der Waals surface area contributed by atoms with Gasteiger partial charge < -0.3 is 15.5 Å². The standard InChI is InChI=1S/C11H19N3O2S/c1-7(2)9-10(12-3)13-6-14-11(9)17-5-8(16)4-15/h6-8,15-16H,4-5H2,1-3H3,(H,12,13,14). The topological polar surface area (TPSA) is 78.3 Å². The molecule has 1 aromatic rings. The van der Waals surface area contributed by atoms with Crippen molar-refractivity contribution in [2.75, 3.05) is 24.7 Å². The monoisotopic (exact) mass is 257 g/mol. The first-order valence-corrected chi connectivity index (χ1v) is 6.53. The average Bonchev–Trinajstić information content (AvgIpc) is 2.34. The maximum atomic E-state index is 9.35. The van der Waals surface area contributed by atoms with E-state index in [9.17, 15) is 5.11 Å². The minimum absolute atomic E-state index is 0.228. The first kappa shape index (κ1) is 14.2. The van der Waals surface area contributed by atoms with Crippen LogP contribution in [-0.4, -0.2) is 45.7 Å². The fraction of sp³-hybridized carbons (Fsp3) is 0.636. The van der Waals surface area contributed by atoms with Crippen molar-refractivity contribution in [2.45, 2.75) is 30.9 Å². The smallest absolute Gasteiger partial charge is 0.133 e. The second kappa shape index (κ2) is 6.78. The molecule has 0 aliphatic heterocycles. The van der Waals surface area contributed by atoms with Gasteiger partial charge in [0.2, 0.25) is 0 Å². The van der Waals surface area contributed by atoms with Gasteiger partial charge in [-0.25, -0.2) is 9.97 Å². The van der Waals surface area contributed by atoms with Crippen molar-refractivity contribution in [1.29, 1.82) is 0 Å².